The second-order valence-corrected chi connectivity index (χ2v) is 7.18. The zero-order valence-corrected chi connectivity index (χ0v) is 15.3. The van der Waals surface area contributed by atoms with Crippen molar-refractivity contribution in [3.05, 3.63) is 47.0 Å². The molecule has 136 valence electrons. The minimum Gasteiger partial charge on any atom is -0.384 e. The Bertz CT molecular complexity index is 1330. The third-order valence-electron chi connectivity index (χ3n) is 5.12. The van der Waals surface area contributed by atoms with E-state index < -0.39 is 0 Å². The van der Waals surface area contributed by atoms with E-state index >= 15 is 0 Å². The van der Waals surface area contributed by atoms with Crippen LogP contribution in [0.15, 0.2) is 41.6 Å². The van der Waals surface area contributed by atoms with Crippen molar-refractivity contribution >= 4 is 43.9 Å². The first-order chi connectivity index (χ1) is 13.1. The molecule has 0 radical (unpaired) electrons. The molecule has 5 rings (SSSR count). The molecule has 3 heterocycles. The number of aromatic amines is 1. The summed E-state index contributed by atoms with van der Waals surface area (Å²) in [5.74, 6) is 0. The summed E-state index contributed by atoms with van der Waals surface area (Å²) >= 11 is 0. The van der Waals surface area contributed by atoms with Gasteiger partial charge in [-0.15, -0.1) is 0 Å². The van der Waals surface area contributed by atoms with Gasteiger partial charge in [0, 0.05) is 23.0 Å². The van der Waals surface area contributed by atoms with Crippen LogP contribution in [0.1, 0.15) is 6.42 Å². The van der Waals surface area contributed by atoms with Crippen molar-refractivity contribution in [3.8, 4) is 0 Å². The lowest BCUT2D eigenvalue weighted by Gasteiger charge is -2.13. The summed E-state index contributed by atoms with van der Waals surface area (Å²) < 4.78 is 2.02. The van der Waals surface area contributed by atoms with Crippen LogP contribution in [0.3, 0.4) is 0 Å². The maximum atomic E-state index is 13.4. The van der Waals surface area contributed by atoms with Gasteiger partial charge in [0.15, 0.2) is 5.43 Å². The number of nitrogens with zero attached hydrogens (tertiary/aromatic N) is 4. The highest BCUT2D eigenvalue weighted by Gasteiger charge is 2.18. The van der Waals surface area contributed by atoms with Crippen LogP contribution in [0.25, 0.3) is 38.2 Å². The van der Waals surface area contributed by atoms with Crippen LogP contribution in [0.4, 0.5) is 5.69 Å². The zero-order chi connectivity index (χ0) is 18.5. The van der Waals surface area contributed by atoms with Crippen LogP contribution < -0.4 is 10.7 Å². The molecule has 27 heavy (non-hydrogen) atoms. The van der Waals surface area contributed by atoms with E-state index in [0.717, 1.165) is 52.7 Å². The number of hydrogen-bond donors (Lipinski definition) is 2. The van der Waals surface area contributed by atoms with E-state index in [1.165, 1.54) is 0 Å². The fourth-order valence-electron chi connectivity index (χ4n) is 3.85. The molecule has 2 aromatic carbocycles. The van der Waals surface area contributed by atoms with Gasteiger partial charge in [-0.05, 0) is 51.3 Å². The number of anilines is 1. The number of imidazole rings is 1. The van der Waals surface area contributed by atoms with Crippen LogP contribution in [-0.4, -0.2) is 51.7 Å². The zero-order valence-electron chi connectivity index (χ0n) is 15.3. The summed E-state index contributed by atoms with van der Waals surface area (Å²) in [4.78, 5) is 20.1. The molecule has 0 fully saturated rings. The second-order valence-electron chi connectivity index (χ2n) is 7.18. The first-order valence-electron chi connectivity index (χ1n) is 9.05. The maximum Gasteiger partial charge on any atom is 0.199 e. The number of nitrogens with one attached hydrogen (secondary N) is 2. The predicted molar refractivity (Wildman–Crippen MR) is 109 cm³/mol. The van der Waals surface area contributed by atoms with Crippen LogP contribution in [0.5, 0.6) is 0 Å². The van der Waals surface area contributed by atoms with Crippen molar-refractivity contribution < 1.29 is 0 Å². The molecule has 0 aliphatic heterocycles. The van der Waals surface area contributed by atoms with Gasteiger partial charge in [0.1, 0.15) is 6.33 Å². The van der Waals surface area contributed by atoms with Crippen molar-refractivity contribution in [2.75, 3.05) is 32.5 Å². The number of aromatic nitrogens is 4. The molecular formula is C20H20N6O. The Hall–Kier alpha value is -3.19. The molecule has 0 unspecified atom stereocenters. The van der Waals surface area contributed by atoms with Crippen molar-refractivity contribution in [1.82, 2.24) is 24.5 Å². The predicted octanol–water partition coefficient (Wildman–Crippen LogP) is 2.68. The quantitative estimate of drug-likeness (QED) is 0.372. The molecule has 0 amide bonds. The molecule has 0 atom stereocenters. The van der Waals surface area contributed by atoms with Crippen LogP contribution >= 0.6 is 0 Å². The Morgan fingerprint density at radius 3 is 2.89 bits per heavy atom. The van der Waals surface area contributed by atoms with Crippen molar-refractivity contribution in [2.45, 2.75) is 6.42 Å². The number of rotatable bonds is 5. The third-order valence-corrected chi connectivity index (χ3v) is 5.12. The minimum atomic E-state index is 0.0295. The fourth-order valence-corrected chi connectivity index (χ4v) is 3.85. The number of pyridine rings is 1. The molecule has 0 aliphatic carbocycles. The lowest BCUT2D eigenvalue weighted by atomic mass is 10.1. The molecule has 7 nitrogen and oxygen atoms in total. The summed E-state index contributed by atoms with van der Waals surface area (Å²) in [5, 5.41) is 12.9. The number of hydrogen-bond acceptors (Lipinski definition) is 5. The van der Waals surface area contributed by atoms with Gasteiger partial charge in [-0.25, -0.2) is 4.98 Å². The average molecular weight is 360 g/mol. The normalized spacial score (nSPS) is 12.3. The van der Waals surface area contributed by atoms with Gasteiger partial charge < -0.3 is 10.2 Å². The van der Waals surface area contributed by atoms with Gasteiger partial charge in [-0.1, -0.05) is 0 Å². The summed E-state index contributed by atoms with van der Waals surface area (Å²) in [6.45, 7) is 1.81. The maximum absolute atomic E-state index is 13.4. The summed E-state index contributed by atoms with van der Waals surface area (Å²) in [6.07, 6.45) is 4.56. The Kier molecular flexibility index (Phi) is 3.51. The summed E-state index contributed by atoms with van der Waals surface area (Å²) in [6, 6.07) is 7.71. The smallest absolute Gasteiger partial charge is 0.199 e. The topological polar surface area (TPSA) is 78.3 Å². The molecule has 0 saturated carbocycles. The first kappa shape index (κ1) is 16.0. The molecule has 5 aromatic rings. The van der Waals surface area contributed by atoms with E-state index in [1.807, 2.05) is 28.7 Å². The molecular weight excluding hydrogens is 340 g/mol. The molecule has 0 bridgehead atoms. The molecule has 7 heteroatoms. The molecule has 0 spiro atoms. The van der Waals surface area contributed by atoms with Crippen LogP contribution in [0, 0.1) is 0 Å². The van der Waals surface area contributed by atoms with E-state index in [0.29, 0.717) is 10.8 Å². The standard InChI is InChI=1S/C20H20N6O/c1-25(2)9-3-8-21-15-6-7-16-19-17(15)20(27)12-4-5-14-13(10-23-24-14)18(12)26(19)11-22-16/h4-7,10-11,21H,3,8-9H2,1-2H3,(H,23,24). The molecule has 0 saturated heterocycles. The summed E-state index contributed by atoms with van der Waals surface area (Å²) in [5.41, 5.74) is 4.34. The second kappa shape index (κ2) is 5.92. The molecule has 2 N–H and O–H groups in total. The van der Waals surface area contributed by atoms with Gasteiger partial charge in [-0.2, -0.15) is 5.10 Å². The van der Waals surface area contributed by atoms with E-state index in [-0.39, 0.29) is 5.43 Å². The highest BCUT2D eigenvalue weighted by molar-refractivity contribution is 6.12. The number of benzene rings is 2. The van der Waals surface area contributed by atoms with Gasteiger partial charge in [-0.3, -0.25) is 14.3 Å². The monoisotopic (exact) mass is 360 g/mol. The SMILES string of the molecule is CN(C)CCCNc1ccc2ncn3c2c1c(=O)c1ccc2[nH]ncc2c13. The summed E-state index contributed by atoms with van der Waals surface area (Å²) in [7, 11) is 4.12. The lowest BCUT2D eigenvalue weighted by molar-refractivity contribution is 0.405. The minimum absolute atomic E-state index is 0.0295. The Morgan fingerprint density at radius 2 is 2.04 bits per heavy atom. The van der Waals surface area contributed by atoms with Gasteiger partial charge >= 0.3 is 0 Å². The van der Waals surface area contributed by atoms with Gasteiger partial charge in [0.25, 0.3) is 0 Å². The Morgan fingerprint density at radius 1 is 1.15 bits per heavy atom. The van der Waals surface area contributed by atoms with E-state index in [9.17, 15) is 4.79 Å². The van der Waals surface area contributed by atoms with Crippen molar-refractivity contribution in [3.63, 3.8) is 0 Å². The van der Waals surface area contributed by atoms with Gasteiger partial charge in [0.05, 0.1) is 33.6 Å². The Labute approximate surface area is 154 Å². The van der Waals surface area contributed by atoms with E-state index in [4.69, 9.17) is 0 Å². The number of fused-ring (bicyclic) bond motifs is 4. The van der Waals surface area contributed by atoms with E-state index in [1.54, 1.807) is 12.5 Å². The first-order valence-corrected chi connectivity index (χ1v) is 9.05. The highest BCUT2D eigenvalue weighted by atomic mass is 16.1. The van der Waals surface area contributed by atoms with Gasteiger partial charge in [0.2, 0.25) is 0 Å². The molecule has 3 aromatic heterocycles. The van der Waals surface area contributed by atoms with Crippen molar-refractivity contribution in [2.24, 2.45) is 0 Å². The van der Waals surface area contributed by atoms with Crippen molar-refractivity contribution in [1.29, 1.82) is 0 Å². The van der Waals surface area contributed by atoms with E-state index in [2.05, 4.69) is 39.5 Å². The third kappa shape index (κ3) is 2.35. The molecule has 0 aliphatic rings. The fraction of sp³-hybridized carbons (Fsp3) is 0.250. The largest absolute Gasteiger partial charge is 0.384 e. The lowest BCUT2D eigenvalue weighted by Crippen LogP contribution is -2.17. The van der Waals surface area contributed by atoms with Crippen LogP contribution in [-0.2, 0) is 0 Å². The average Bonchev–Trinajstić information content (AvgIpc) is 3.30. The number of H-pyrrole nitrogens is 1. The highest BCUT2D eigenvalue weighted by Crippen LogP contribution is 2.31. The Balaban J connectivity index is 1.76. The van der Waals surface area contributed by atoms with Crippen LogP contribution in [0.2, 0.25) is 0 Å².